The molecule has 2 aromatic heterocycles. The highest BCUT2D eigenvalue weighted by molar-refractivity contribution is 9.10. The maximum Gasteiger partial charge on any atom is 0.214 e. The number of aromatic nitrogens is 2. The van der Waals surface area contributed by atoms with Crippen molar-refractivity contribution >= 4 is 27.5 Å². The van der Waals surface area contributed by atoms with E-state index in [0.717, 1.165) is 48.8 Å². The van der Waals surface area contributed by atoms with E-state index < -0.39 is 0 Å². The minimum Gasteiger partial charge on any atom is -0.490 e. The molecule has 25 heavy (non-hydrogen) atoms. The Labute approximate surface area is 160 Å². The molecular weight excluding hydrogens is 410 g/mol. The van der Waals surface area contributed by atoms with Crippen molar-refractivity contribution in [2.75, 3.05) is 39.5 Å². The van der Waals surface area contributed by atoms with Gasteiger partial charge in [-0.1, -0.05) is 17.7 Å². The molecule has 1 fully saturated rings. The number of nitrogens with zero attached hydrogens (tertiary/aromatic N) is 3. The highest BCUT2D eigenvalue weighted by atomic mass is 79.9. The van der Waals surface area contributed by atoms with Gasteiger partial charge in [0, 0.05) is 43.5 Å². The second kappa shape index (κ2) is 9.33. The summed E-state index contributed by atoms with van der Waals surface area (Å²) in [5.74, 6) is 1.29. The van der Waals surface area contributed by atoms with E-state index in [-0.39, 0.29) is 0 Å². The Morgan fingerprint density at radius 1 is 1.20 bits per heavy atom. The number of ether oxygens (including phenoxy) is 3. The summed E-state index contributed by atoms with van der Waals surface area (Å²) in [7, 11) is 0. The Hall–Kier alpha value is -1.41. The summed E-state index contributed by atoms with van der Waals surface area (Å²) in [6.45, 7) is 4.93. The molecule has 0 atom stereocenters. The summed E-state index contributed by atoms with van der Waals surface area (Å²) < 4.78 is 17.6. The number of hydrogen-bond acceptors (Lipinski definition) is 6. The third kappa shape index (κ3) is 5.81. The molecule has 0 saturated carbocycles. The molecule has 6 nitrogen and oxygen atoms in total. The van der Waals surface area contributed by atoms with Crippen molar-refractivity contribution in [2.45, 2.75) is 6.54 Å². The second-order valence-electron chi connectivity index (χ2n) is 5.50. The Morgan fingerprint density at radius 2 is 2.00 bits per heavy atom. The lowest BCUT2D eigenvalue weighted by molar-refractivity contribution is 0.0337. The van der Waals surface area contributed by atoms with Gasteiger partial charge in [0.25, 0.3) is 0 Å². The van der Waals surface area contributed by atoms with Gasteiger partial charge in [-0.15, -0.1) is 0 Å². The van der Waals surface area contributed by atoms with Crippen molar-refractivity contribution in [1.82, 2.24) is 14.9 Å². The van der Waals surface area contributed by atoms with Crippen LogP contribution in [0.4, 0.5) is 0 Å². The van der Waals surface area contributed by atoms with Gasteiger partial charge in [-0.3, -0.25) is 4.90 Å². The van der Waals surface area contributed by atoms with Gasteiger partial charge in [0.1, 0.15) is 28.7 Å². The molecule has 0 aromatic carbocycles. The average molecular weight is 429 g/mol. The van der Waals surface area contributed by atoms with Gasteiger partial charge >= 0.3 is 0 Å². The fourth-order valence-corrected chi connectivity index (χ4v) is 2.93. The summed E-state index contributed by atoms with van der Waals surface area (Å²) in [4.78, 5) is 10.7. The van der Waals surface area contributed by atoms with Gasteiger partial charge in [-0.05, 0) is 22.0 Å². The van der Waals surface area contributed by atoms with Crippen LogP contribution in [0.1, 0.15) is 5.56 Å². The van der Waals surface area contributed by atoms with E-state index in [2.05, 4.69) is 30.8 Å². The lowest BCUT2D eigenvalue weighted by atomic mass is 10.2. The van der Waals surface area contributed by atoms with Gasteiger partial charge in [-0.25, -0.2) is 9.97 Å². The highest BCUT2D eigenvalue weighted by Crippen LogP contribution is 2.23. The summed E-state index contributed by atoms with van der Waals surface area (Å²) >= 11 is 9.23. The molecule has 0 spiro atoms. The van der Waals surface area contributed by atoms with Gasteiger partial charge in [-0.2, -0.15) is 0 Å². The fourth-order valence-electron chi connectivity index (χ4n) is 2.46. The number of rotatable bonds is 7. The first kappa shape index (κ1) is 18.4. The first-order chi connectivity index (χ1) is 12.2. The number of hydrogen-bond donors (Lipinski definition) is 0. The van der Waals surface area contributed by atoms with Crippen LogP contribution in [0, 0.1) is 0 Å². The van der Waals surface area contributed by atoms with E-state index in [0.29, 0.717) is 24.2 Å². The van der Waals surface area contributed by atoms with E-state index in [1.807, 2.05) is 12.3 Å². The van der Waals surface area contributed by atoms with Crippen molar-refractivity contribution in [3.8, 4) is 11.6 Å². The van der Waals surface area contributed by atoms with Crippen LogP contribution in [-0.2, 0) is 11.3 Å². The average Bonchev–Trinajstić information content (AvgIpc) is 2.62. The summed E-state index contributed by atoms with van der Waals surface area (Å²) in [6.07, 6.45) is 1.84. The monoisotopic (exact) mass is 427 g/mol. The second-order valence-corrected chi connectivity index (χ2v) is 6.70. The van der Waals surface area contributed by atoms with E-state index in [9.17, 15) is 0 Å². The third-order valence-corrected chi connectivity index (χ3v) is 4.33. The van der Waals surface area contributed by atoms with Crippen LogP contribution in [0.25, 0.3) is 0 Å². The predicted octanol–water partition coefficient (Wildman–Crippen LogP) is 3.18. The number of morpholine rings is 1. The van der Waals surface area contributed by atoms with Crippen LogP contribution in [0.2, 0.25) is 5.15 Å². The van der Waals surface area contributed by atoms with Crippen LogP contribution in [-0.4, -0.2) is 54.4 Å². The van der Waals surface area contributed by atoms with E-state index in [1.165, 1.54) is 0 Å². The first-order valence-corrected chi connectivity index (χ1v) is 9.20. The highest BCUT2D eigenvalue weighted by Gasteiger charge is 2.14. The van der Waals surface area contributed by atoms with Gasteiger partial charge in [0.15, 0.2) is 0 Å². The van der Waals surface area contributed by atoms with Crippen molar-refractivity contribution in [3.05, 3.63) is 45.8 Å². The van der Waals surface area contributed by atoms with Crippen molar-refractivity contribution in [2.24, 2.45) is 0 Å². The van der Waals surface area contributed by atoms with Crippen LogP contribution in [0.3, 0.4) is 0 Å². The molecule has 1 aliphatic heterocycles. The van der Waals surface area contributed by atoms with Gasteiger partial charge in [0.05, 0.1) is 13.2 Å². The van der Waals surface area contributed by atoms with Crippen LogP contribution in [0.15, 0.2) is 35.1 Å². The molecule has 0 bridgehead atoms. The van der Waals surface area contributed by atoms with Crippen LogP contribution in [0.5, 0.6) is 11.6 Å². The van der Waals surface area contributed by atoms with E-state index in [4.69, 9.17) is 25.8 Å². The van der Waals surface area contributed by atoms with Crippen molar-refractivity contribution < 1.29 is 14.2 Å². The smallest absolute Gasteiger partial charge is 0.214 e. The molecule has 3 heterocycles. The first-order valence-electron chi connectivity index (χ1n) is 8.03. The Morgan fingerprint density at radius 3 is 2.80 bits per heavy atom. The maximum atomic E-state index is 5.90. The minimum atomic E-state index is 0.379. The molecule has 0 unspecified atom stereocenters. The summed E-state index contributed by atoms with van der Waals surface area (Å²) in [5.41, 5.74) is 1.05. The van der Waals surface area contributed by atoms with Gasteiger partial charge < -0.3 is 14.2 Å². The Balaban J connectivity index is 1.54. The van der Waals surface area contributed by atoms with E-state index in [1.54, 1.807) is 18.2 Å². The summed E-state index contributed by atoms with van der Waals surface area (Å²) in [6, 6.07) is 7.15. The summed E-state index contributed by atoms with van der Waals surface area (Å²) in [5, 5.41) is 0.407. The van der Waals surface area contributed by atoms with Gasteiger partial charge in [0.2, 0.25) is 5.88 Å². The maximum absolute atomic E-state index is 5.90. The topological polar surface area (TPSA) is 56.7 Å². The molecule has 134 valence electrons. The van der Waals surface area contributed by atoms with Crippen LogP contribution < -0.4 is 9.47 Å². The lowest BCUT2D eigenvalue weighted by Gasteiger charge is -2.27. The number of halogens is 2. The third-order valence-electron chi connectivity index (χ3n) is 3.69. The molecule has 3 rings (SSSR count). The zero-order valence-electron chi connectivity index (χ0n) is 13.7. The van der Waals surface area contributed by atoms with Crippen LogP contribution >= 0.6 is 27.5 Å². The zero-order chi connectivity index (χ0) is 17.5. The zero-order valence-corrected chi connectivity index (χ0v) is 16.0. The number of pyridine rings is 2. The van der Waals surface area contributed by atoms with Crippen molar-refractivity contribution in [1.29, 1.82) is 0 Å². The van der Waals surface area contributed by atoms with Crippen molar-refractivity contribution in [3.63, 3.8) is 0 Å². The molecule has 1 saturated heterocycles. The quantitative estimate of drug-likeness (QED) is 0.499. The molecule has 0 amide bonds. The Kier molecular flexibility index (Phi) is 6.86. The molecular formula is C17H19BrClN3O3. The lowest BCUT2D eigenvalue weighted by Crippen LogP contribution is -2.35. The molecule has 1 aliphatic rings. The minimum absolute atomic E-state index is 0.379. The Bertz CT molecular complexity index is 699. The molecule has 0 N–H and O–H groups in total. The largest absolute Gasteiger partial charge is 0.490 e. The molecule has 8 heteroatoms. The molecule has 0 aliphatic carbocycles. The standard InChI is InChI=1S/C17H19BrClN3O3/c18-15-10-14(13(11-20-15)12-22-4-6-23-7-5-22)24-8-9-25-17-3-1-2-16(19)21-17/h1-3,10-11H,4-9,12H2. The SMILES string of the molecule is Clc1cccc(OCCOc2cc(Br)ncc2CN2CCOCC2)n1. The normalized spacial score (nSPS) is 15.1. The fraction of sp³-hybridized carbons (Fsp3) is 0.412. The molecule has 0 radical (unpaired) electrons. The predicted molar refractivity (Wildman–Crippen MR) is 98.3 cm³/mol. The molecule has 2 aromatic rings. The van der Waals surface area contributed by atoms with E-state index >= 15 is 0 Å².